The molecule has 138 valence electrons. The Bertz CT molecular complexity index is 823. The molecule has 1 saturated carbocycles. The Morgan fingerprint density at radius 2 is 1.85 bits per heavy atom. The number of nitrogens with zero attached hydrogens (tertiary/aromatic N) is 1. The van der Waals surface area contributed by atoms with Crippen molar-refractivity contribution in [3.63, 3.8) is 0 Å². The first kappa shape index (κ1) is 18.1. The number of rotatable bonds is 7. The Hall–Kier alpha value is -2.70. The summed E-state index contributed by atoms with van der Waals surface area (Å²) in [6, 6.07) is 7.89. The molecule has 0 bridgehead atoms. The maximum Gasteiger partial charge on any atom is 0.387 e. The fourth-order valence-electron chi connectivity index (χ4n) is 2.87. The molecule has 0 atom stereocenters. The van der Waals surface area contributed by atoms with Gasteiger partial charge in [0, 0.05) is 22.6 Å². The average Bonchev–Trinajstić information content (AvgIpc) is 3.39. The van der Waals surface area contributed by atoms with Crippen molar-refractivity contribution >= 4 is 11.8 Å². The monoisotopic (exact) mass is 363 g/mol. The second kappa shape index (κ2) is 7.27. The predicted molar refractivity (Wildman–Crippen MR) is 89.9 cm³/mol. The van der Waals surface area contributed by atoms with Gasteiger partial charge in [-0.1, -0.05) is 0 Å². The normalized spacial score (nSPS) is 13.7. The van der Waals surface area contributed by atoms with Crippen molar-refractivity contribution in [1.29, 1.82) is 0 Å². The van der Waals surface area contributed by atoms with Crippen LogP contribution >= 0.6 is 0 Å². The molecular formula is C19H19F2NO4. The molecule has 0 saturated heterocycles. The van der Waals surface area contributed by atoms with Crippen LogP contribution in [0.5, 0.6) is 5.75 Å². The van der Waals surface area contributed by atoms with Crippen LogP contribution in [0.25, 0.3) is 5.69 Å². The first-order chi connectivity index (χ1) is 12.4. The van der Waals surface area contributed by atoms with Crippen molar-refractivity contribution in [2.45, 2.75) is 33.3 Å². The zero-order valence-electron chi connectivity index (χ0n) is 14.5. The number of esters is 1. The number of hydrogen-bond acceptors (Lipinski definition) is 4. The first-order valence-electron chi connectivity index (χ1n) is 8.31. The van der Waals surface area contributed by atoms with E-state index >= 15 is 0 Å². The molecule has 0 radical (unpaired) electrons. The standard InChI is InChI=1S/C19H19F2NO4/c1-11-9-16(17(23)10-25-18(24)13-3-4-13)12(2)22(11)14-5-7-15(8-6-14)26-19(20)21/h5-9,13,19H,3-4,10H2,1-2H3. The van der Waals surface area contributed by atoms with Gasteiger partial charge in [-0.15, -0.1) is 0 Å². The number of benzene rings is 1. The Morgan fingerprint density at radius 1 is 1.19 bits per heavy atom. The van der Waals surface area contributed by atoms with Crippen LogP contribution in [0.1, 0.15) is 34.6 Å². The number of ketones is 1. The molecule has 0 unspecified atom stereocenters. The lowest BCUT2D eigenvalue weighted by molar-refractivity contribution is -0.144. The van der Waals surface area contributed by atoms with Gasteiger partial charge in [-0.2, -0.15) is 8.78 Å². The van der Waals surface area contributed by atoms with Gasteiger partial charge in [-0.3, -0.25) is 9.59 Å². The molecule has 0 N–H and O–H groups in total. The fourth-order valence-corrected chi connectivity index (χ4v) is 2.87. The van der Waals surface area contributed by atoms with Crippen molar-refractivity contribution < 1.29 is 27.8 Å². The summed E-state index contributed by atoms with van der Waals surface area (Å²) in [5, 5.41) is 0. The molecule has 7 heteroatoms. The van der Waals surface area contributed by atoms with Gasteiger partial charge < -0.3 is 14.0 Å². The van der Waals surface area contributed by atoms with Gasteiger partial charge in [0.25, 0.3) is 0 Å². The summed E-state index contributed by atoms with van der Waals surface area (Å²) in [7, 11) is 0. The zero-order valence-corrected chi connectivity index (χ0v) is 14.5. The van der Waals surface area contributed by atoms with Gasteiger partial charge in [0.05, 0.1) is 5.92 Å². The summed E-state index contributed by atoms with van der Waals surface area (Å²) >= 11 is 0. The largest absolute Gasteiger partial charge is 0.457 e. The molecule has 0 amide bonds. The minimum atomic E-state index is -2.88. The van der Waals surface area contributed by atoms with Gasteiger partial charge in [0.2, 0.25) is 5.78 Å². The van der Waals surface area contributed by atoms with E-state index in [4.69, 9.17) is 4.74 Å². The number of alkyl halides is 2. The summed E-state index contributed by atoms with van der Waals surface area (Å²) in [4.78, 5) is 24.0. The minimum absolute atomic E-state index is 0.0517. The lowest BCUT2D eigenvalue weighted by Crippen LogP contribution is -2.15. The zero-order chi connectivity index (χ0) is 18.8. The van der Waals surface area contributed by atoms with Crippen molar-refractivity contribution in [1.82, 2.24) is 4.57 Å². The molecule has 5 nitrogen and oxygen atoms in total. The molecule has 2 aromatic rings. The van der Waals surface area contributed by atoms with Crippen molar-refractivity contribution in [2.24, 2.45) is 5.92 Å². The quantitative estimate of drug-likeness (QED) is 0.554. The van der Waals surface area contributed by atoms with E-state index in [9.17, 15) is 18.4 Å². The van der Waals surface area contributed by atoms with E-state index in [-0.39, 0.29) is 30.0 Å². The fraction of sp³-hybridized carbons (Fsp3) is 0.368. The third-order valence-electron chi connectivity index (χ3n) is 4.31. The highest BCUT2D eigenvalue weighted by Crippen LogP contribution is 2.30. The number of halogens is 2. The molecule has 3 rings (SSSR count). The lowest BCUT2D eigenvalue weighted by Gasteiger charge is -2.11. The van der Waals surface area contributed by atoms with E-state index in [1.807, 2.05) is 11.5 Å². The summed E-state index contributed by atoms with van der Waals surface area (Å²) in [5.74, 6) is -0.573. The summed E-state index contributed by atoms with van der Waals surface area (Å²) < 4.78 is 35.7. The number of carbonyl (C=O) groups is 2. The molecule has 1 aromatic heterocycles. The first-order valence-corrected chi connectivity index (χ1v) is 8.31. The van der Waals surface area contributed by atoms with Crippen molar-refractivity contribution in [3.8, 4) is 11.4 Å². The third kappa shape index (κ3) is 3.92. The lowest BCUT2D eigenvalue weighted by atomic mass is 10.1. The highest BCUT2D eigenvalue weighted by atomic mass is 19.3. The van der Waals surface area contributed by atoms with Crippen LogP contribution in [-0.4, -0.2) is 29.5 Å². The highest BCUT2D eigenvalue weighted by molar-refractivity contribution is 5.99. The molecule has 1 aliphatic rings. The molecule has 26 heavy (non-hydrogen) atoms. The van der Waals surface area contributed by atoms with Crippen molar-refractivity contribution in [3.05, 3.63) is 47.3 Å². The SMILES string of the molecule is Cc1cc(C(=O)COC(=O)C2CC2)c(C)n1-c1ccc(OC(F)F)cc1. The number of Topliss-reactive ketones (excluding diaryl/α,β-unsaturated/α-hetero) is 1. The minimum Gasteiger partial charge on any atom is -0.457 e. The van der Waals surface area contributed by atoms with Crippen LogP contribution in [0.3, 0.4) is 0 Å². The number of hydrogen-bond donors (Lipinski definition) is 0. The molecule has 1 aromatic carbocycles. The Morgan fingerprint density at radius 3 is 2.42 bits per heavy atom. The molecule has 1 fully saturated rings. The molecule has 1 aliphatic carbocycles. The van der Waals surface area contributed by atoms with Gasteiger partial charge >= 0.3 is 12.6 Å². The summed E-state index contributed by atoms with van der Waals surface area (Å²) in [5.41, 5.74) is 2.69. The van der Waals surface area contributed by atoms with Gasteiger partial charge in [-0.05, 0) is 57.0 Å². The molecule has 0 spiro atoms. The molecular weight excluding hydrogens is 344 g/mol. The van der Waals surface area contributed by atoms with Crippen LogP contribution in [0, 0.1) is 19.8 Å². The Labute approximate surface area is 149 Å². The van der Waals surface area contributed by atoms with E-state index < -0.39 is 6.61 Å². The van der Waals surface area contributed by atoms with Crippen LogP contribution < -0.4 is 4.74 Å². The second-order valence-electron chi connectivity index (χ2n) is 6.30. The van der Waals surface area contributed by atoms with Gasteiger partial charge in [0.15, 0.2) is 6.61 Å². The summed E-state index contributed by atoms with van der Waals surface area (Å²) in [6.07, 6.45) is 1.65. The van der Waals surface area contributed by atoms with E-state index in [2.05, 4.69) is 4.74 Å². The second-order valence-corrected chi connectivity index (χ2v) is 6.30. The van der Waals surface area contributed by atoms with E-state index in [0.717, 1.165) is 24.2 Å². The highest BCUT2D eigenvalue weighted by Gasteiger charge is 2.31. The maximum absolute atomic E-state index is 12.4. The molecule has 0 aliphatic heterocycles. The van der Waals surface area contributed by atoms with Crippen molar-refractivity contribution in [2.75, 3.05) is 6.61 Å². The van der Waals surface area contributed by atoms with E-state index in [1.165, 1.54) is 12.1 Å². The summed E-state index contributed by atoms with van der Waals surface area (Å²) in [6.45, 7) is 0.468. The Kier molecular flexibility index (Phi) is 5.06. The van der Waals surface area contributed by atoms with E-state index in [0.29, 0.717) is 11.3 Å². The average molecular weight is 363 g/mol. The van der Waals surface area contributed by atoms with Crippen LogP contribution in [-0.2, 0) is 9.53 Å². The predicted octanol–water partition coefficient (Wildman–Crippen LogP) is 3.83. The van der Waals surface area contributed by atoms with Crippen LogP contribution in [0.15, 0.2) is 30.3 Å². The number of aryl methyl sites for hydroxylation is 1. The van der Waals surface area contributed by atoms with Crippen LogP contribution in [0.4, 0.5) is 8.78 Å². The third-order valence-corrected chi connectivity index (χ3v) is 4.31. The Balaban J connectivity index is 1.76. The number of carbonyl (C=O) groups excluding carboxylic acids is 2. The number of aromatic nitrogens is 1. The molecule has 1 heterocycles. The van der Waals surface area contributed by atoms with Gasteiger partial charge in [-0.25, -0.2) is 0 Å². The van der Waals surface area contributed by atoms with Crippen LogP contribution in [0.2, 0.25) is 0 Å². The van der Waals surface area contributed by atoms with Gasteiger partial charge in [0.1, 0.15) is 5.75 Å². The number of ether oxygens (including phenoxy) is 2. The smallest absolute Gasteiger partial charge is 0.387 e. The van der Waals surface area contributed by atoms with E-state index in [1.54, 1.807) is 25.1 Å². The maximum atomic E-state index is 12.4. The topological polar surface area (TPSA) is 57.5 Å².